The van der Waals surface area contributed by atoms with Crippen molar-refractivity contribution in [3.63, 3.8) is 0 Å². The van der Waals surface area contributed by atoms with E-state index in [1.54, 1.807) is 36.4 Å². The van der Waals surface area contributed by atoms with Crippen molar-refractivity contribution in [1.29, 1.82) is 0 Å². The average Bonchev–Trinajstić information content (AvgIpc) is 4.02. The topological polar surface area (TPSA) is 16.4 Å². The zero-order valence-electron chi connectivity index (χ0n) is 50.2. The summed E-state index contributed by atoms with van der Waals surface area (Å²) in [6.45, 7) is 0. The maximum absolute atomic E-state index is 10.1. The zero-order chi connectivity index (χ0) is 56.5. The largest absolute Gasteiger partial charge is 0.455 e. The number of furan rings is 1. The van der Waals surface area contributed by atoms with Crippen LogP contribution < -0.4 is 4.90 Å². The monoisotopic (exact) mass is 820 g/mol. The molecule has 0 atom stereocenters. The predicted octanol–water partition coefficient (Wildman–Crippen LogP) is 16.4. The number of benzene rings is 10. The maximum atomic E-state index is 10.1. The molecule has 0 amide bonds. The fraction of sp³-hybridized carbons (Fsp3) is 0.0164. The van der Waals surface area contributed by atoms with Gasteiger partial charge in [0.1, 0.15) is 11.2 Å². The van der Waals surface area contributed by atoms with Gasteiger partial charge in [-0.05, 0) is 92.0 Å². The molecular weight excluding hydrogens is 763 g/mol. The minimum atomic E-state index is -1.08. The molecule has 0 unspecified atom stereocenters. The molecule has 63 heavy (non-hydrogen) atoms. The molecule has 0 bridgehead atoms. The van der Waals surface area contributed by atoms with Crippen molar-refractivity contribution in [3.8, 4) is 44.5 Å². The lowest BCUT2D eigenvalue weighted by Crippen LogP contribution is -2.28. The van der Waals surface area contributed by atoms with Gasteiger partial charge in [-0.2, -0.15) is 0 Å². The molecule has 0 radical (unpaired) electrons. The lowest BCUT2D eigenvalue weighted by molar-refractivity contribution is 0.670. The standard InChI is InChI=1S/C61H41NO/c1-4-17-42(18-5-1)43-31-33-44(34-32-43)50-23-11-14-29-58(50)62(48-37-35-45(36-38-48)51-26-16-27-55-54-25-12-15-30-59(54)63-60(51)55)49-39-40-53-52-24-10-13-28-56(52)61(57(53)41-49,46-19-6-2-7-20-46)47-21-8-3-9-22-47/h1-41H/i1D,4D,5D,11D,14D,17D,18D,23D,29D,31D,32D,33D,34D,35D,36D,37D,38D. The molecule has 10 aromatic carbocycles. The molecule has 1 aliphatic rings. The molecule has 0 saturated carbocycles. The van der Waals surface area contributed by atoms with Crippen LogP contribution in [0, 0.1) is 0 Å². The normalized spacial score (nSPS) is 16.3. The van der Waals surface area contributed by atoms with Gasteiger partial charge in [0.05, 0.1) is 34.4 Å². The van der Waals surface area contributed by atoms with E-state index in [4.69, 9.17) is 12.6 Å². The van der Waals surface area contributed by atoms with E-state index in [-0.39, 0.29) is 16.8 Å². The van der Waals surface area contributed by atoms with Crippen molar-refractivity contribution in [2.75, 3.05) is 4.90 Å². The molecule has 1 aliphatic carbocycles. The van der Waals surface area contributed by atoms with Gasteiger partial charge >= 0.3 is 0 Å². The highest BCUT2D eigenvalue weighted by atomic mass is 16.3. The molecule has 0 fully saturated rings. The van der Waals surface area contributed by atoms with Gasteiger partial charge in [-0.1, -0.05) is 212 Å². The molecule has 2 heteroatoms. The van der Waals surface area contributed by atoms with Gasteiger partial charge in [0.15, 0.2) is 0 Å². The summed E-state index contributed by atoms with van der Waals surface area (Å²) in [4.78, 5) is 1.17. The van der Waals surface area contributed by atoms with E-state index >= 15 is 0 Å². The summed E-state index contributed by atoms with van der Waals surface area (Å²) in [7, 11) is 0. The first-order valence-electron chi connectivity index (χ1n) is 28.8. The number of para-hydroxylation sites is 3. The Kier molecular flexibility index (Phi) is 5.53. The molecule has 1 heterocycles. The Balaban J connectivity index is 1.22. The number of hydrogen-bond acceptors (Lipinski definition) is 2. The number of anilines is 3. The molecule has 12 rings (SSSR count). The van der Waals surface area contributed by atoms with Crippen LogP contribution in [0.15, 0.2) is 253 Å². The second kappa shape index (κ2) is 15.1. The molecule has 0 spiro atoms. The second-order valence-electron chi connectivity index (χ2n) is 15.1. The highest BCUT2D eigenvalue weighted by Crippen LogP contribution is 2.57. The Morgan fingerprint density at radius 2 is 0.952 bits per heavy atom. The summed E-state index contributed by atoms with van der Waals surface area (Å²) in [6.07, 6.45) is 0. The van der Waals surface area contributed by atoms with E-state index in [2.05, 4.69) is 0 Å². The fourth-order valence-electron chi connectivity index (χ4n) is 9.03. The highest BCUT2D eigenvalue weighted by Gasteiger charge is 2.46. The first-order chi connectivity index (χ1) is 38.3. The van der Waals surface area contributed by atoms with Crippen LogP contribution in [-0.2, 0) is 5.41 Å². The van der Waals surface area contributed by atoms with E-state index in [1.165, 1.54) is 4.90 Å². The van der Waals surface area contributed by atoms with Crippen molar-refractivity contribution in [1.82, 2.24) is 0 Å². The van der Waals surface area contributed by atoms with Gasteiger partial charge in [-0.3, -0.25) is 0 Å². The van der Waals surface area contributed by atoms with Gasteiger partial charge in [0.25, 0.3) is 0 Å². The van der Waals surface area contributed by atoms with Gasteiger partial charge < -0.3 is 9.32 Å². The Labute approximate surface area is 391 Å². The summed E-state index contributed by atoms with van der Waals surface area (Å²) in [5, 5.41) is 1.41. The van der Waals surface area contributed by atoms with Crippen molar-refractivity contribution < 1.29 is 27.7 Å². The van der Waals surface area contributed by atoms with Crippen molar-refractivity contribution >= 4 is 39.0 Å². The van der Waals surface area contributed by atoms with Crippen LogP contribution in [-0.4, -0.2) is 0 Å². The van der Waals surface area contributed by atoms with Crippen LogP contribution in [0.4, 0.5) is 17.1 Å². The average molecular weight is 821 g/mol. The molecule has 1 aromatic heterocycles. The Morgan fingerprint density at radius 3 is 1.73 bits per heavy atom. The maximum Gasteiger partial charge on any atom is 0.143 e. The van der Waals surface area contributed by atoms with E-state index in [0.29, 0.717) is 22.1 Å². The third kappa shape index (κ3) is 5.95. The molecule has 0 aliphatic heterocycles. The minimum Gasteiger partial charge on any atom is -0.455 e. The van der Waals surface area contributed by atoms with Crippen LogP contribution in [0.3, 0.4) is 0 Å². The van der Waals surface area contributed by atoms with E-state index in [9.17, 15) is 15.1 Å². The highest BCUT2D eigenvalue weighted by molar-refractivity contribution is 6.09. The molecule has 2 nitrogen and oxygen atoms in total. The SMILES string of the molecule is [2H]c1c([2H])c([2H])c(-c2c([2H])c([2H])c(-c3c([2H])c([2H])c([2H])c([2H])c3N(c3ccc4c(c3)C(c3ccccc3)(c3ccccc3)c3ccccc3-4)c3c([2H])c([2H])c(-c4cccc5c4oc4ccccc45)c([2H])c3[2H])c([2H])c2[2H])c([2H])c1[2H]. The second-order valence-corrected chi connectivity index (χ2v) is 15.1. The molecule has 0 saturated heterocycles. The molecular formula is C61H41NO. The number of rotatable bonds is 8. The van der Waals surface area contributed by atoms with Crippen LogP contribution in [0.5, 0.6) is 0 Å². The Morgan fingerprint density at radius 1 is 0.381 bits per heavy atom. The van der Waals surface area contributed by atoms with Crippen LogP contribution in [0.25, 0.3) is 66.4 Å². The predicted molar refractivity (Wildman–Crippen MR) is 262 cm³/mol. The minimum absolute atomic E-state index is 0.0537. The number of hydrogen-bond donors (Lipinski definition) is 0. The number of fused-ring (bicyclic) bond motifs is 6. The van der Waals surface area contributed by atoms with E-state index in [1.807, 2.05) is 109 Å². The summed E-state index contributed by atoms with van der Waals surface area (Å²) in [5.41, 5.74) is 1.11. The Hall–Kier alpha value is -8.20. The quantitative estimate of drug-likeness (QED) is 0.152. The van der Waals surface area contributed by atoms with Gasteiger partial charge in [0, 0.05) is 33.3 Å². The first kappa shape index (κ1) is 23.1. The van der Waals surface area contributed by atoms with Crippen molar-refractivity contribution in [3.05, 3.63) is 271 Å². The summed E-state index contributed by atoms with van der Waals surface area (Å²) < 4.78 is 164. The summed E-state index contributed by atoms with van der Waals surface area (Å²) >= 11 is 0. The molecule has 0 N–H and O–H groups in total. The zero-order valence-corrected chi connectivity index (χ0v) is 33.2. The Bertz CT molecular complexity index is 4340. The van der Waals surface area contributed by atoms with E-state index in [0.717, 1.165) is 33.2 Å². The van der Waals surface area contributed by atoms with Crippen LogP contribution >= 0.6 is 0 Å². The summed E-state index contributed by atoms with van der Waals surface area (Å²) in [6, 6.07) is 31.6. The molecule has 11 aromatic rings. The lowest BCUT2D eigenvalue weighted by atomic mass is 9.67. The third-order valence-electron chi connectivity index (χ3n) is 11.7. The lowest BCUT2D eigenvalue weighted by Gasteiger charge is -2.35. The van der Waals surface area contributed by atoms with Gasteiger partial charge in [-0.15, -0.1) is 0 Å². The number of nitrogens with zero attached hydrogens (tertiary/aromatic N) is 1. The smallest absolute Gasteiger partial charge is 0.143 e. The molecule has 296 valence electrons. The third-order valence-corrected chi connectivity index (χ3v) is 11.7. The summed E-state index contributed by atoms with van der Waals surface area (Å²) in [5.74, 6) is 0. The van der Waals surface area contributed by atoms with Crippen LogP contribution in [0.1, 0.15) is 45.6 Å². The fourth-order valence-corrected chi connectivity index (χ4v) is 9.03. The van der Waals surface area contributed by atoms with Crippen molar-refractivity contribution in [2.45, 2.75) is 5.41 Å². The van der Waals surface area contributed by atoms with E-state index < -0.39 is 142 Å². The van der Waals surface area contributed by atoms with Crippen LogP contribution in [0.2, 0.25) is 0 Å². The van der Waals surface area contributed by atoms with Gasteiger partial charge in [0.2, 0.25) is 0 Å². The van der Waals surface area contributed by atoms with Crippen molar-refractivity contribution in [2.24, 2.45) is 0 Å². The van der Waals surface area contributed by atoms with Gasteiger partial charge in [-0.25, -0.2) is 0 Å². The first-order valence-corrected chi connectivity index (χ1v) is 20.3.